The number of thioether (sulfide) groups is 4. The molecule has 2 aliphatic rings. The summed E-state index contributed by atoms with van der Waals surface area (Å²) in [5.74, 6) is -0.559. The molecule has 0 bridgehead atoms. The number of esters is 1. The number of fused-ring (bicyclic) bond motifs is 2. The van der Waals surface area contributed by atoms with Crippen LogP contribution >= 0.6 is 47.0 Å². The number of hydrogen-bond acceptors (Lipinski definition) is 11. The monoisotopic (exact) mass is 512 g/mol. The molecule has 11 heteroatoms. The van der Waals surface area contributed by atoms with Crippen molar-refractivity contribution in [2.24, 2.45) is 5.92 Å². The number of allylic oxidation sites excluding steroid dienone is 2. The number of hydrogen-bond donors (Lipinski definition) is 1. The Balaban J connectivity index is 2.15. The van der Waals surface area contributed by atoms with E-state index in [1.165, 1.54) is 0 Å². The van der Waals surface area contributed by atoms with Gasteiger partial charge in [-0.2, -0.15) is 21.0 Å². The predicted molar refractivity (Wildman–Crippen MR) is 127 cm³/mol. The highest BCUT2D eigenvalue weighted by molar-refractivity contribution is 8.26. The first-order chi connectivity index (χ1) is 15.9. The maximum atomic E-state index is 13.0. The largest absolute Gasteiger partial charge is 0.505 e. The highest BCUT2D eigenvalue weighted by atomic mass is 32.2. The number of unbranched alkanes of at least 4 members (excludes halogenated alkanes) is 1. The topological polar surface area (TPSA) is 142 Å². The van der Waals surface area contributed by atoms with Gasteiger partial charge in [0, 0.05) is 0 Å². The van der Waals surface area contributed by atoms with Crippen molar-refractivity contribution in [3.05, 3.63) is 19.6 Å². The summed E-state index contributed by atoms with van der Waals surface area (Å²) in [5, 5.41) is 48.1. The van der Waals surface area contributed by atoms with Gasteiger partial charge in [0.2, 0.25) is 0 Å². The number of ether oxygens (including phenoxy) is 1. The first-order valence-electron chi connectivity index (χ1n) is 9.88. The molecule has 0 aromatic heterocycles. The van der Waals surface area contributed by atoms with Crippen molar-refractivity contribution in [2.45, 2.75) is 59.1 Å². The Kier molecular flexibility index (Phi) is 8.30. The molecule has 0 spiro atoms. The quantitative estimate of drug-likeness (QED) is 0.256. The van der Waals surface area contributed by atoms with Crippen LogP contribution in [0.4, 0.5) is 0 Å². The van der Waals surface area contributed by atoms with Gasteiger partial charge in [0.05, 0.1) is 34.0 Å². The minimum atomic E-state index is -0.395. The number of benzene rings is 1. The Bertz CT molecular complexity index is 1150. The van der Waals surface area contributed by atoms with Gasteiger partial charge in [-0.15, -0.1) is 0 Å². The van der Waals surface area contributed by atoms with Gasteiger partial charge in [0.25, 0.3) is 0 Å². The van der Waals surface area contributed by atoms with Gasteiger partial charge in [0.15, 0.2) is 5.75 Å². The van der Waals surface area contributed by atoms with Gasteiger partial charge in [-0.3, -0.25) is 4.79 Å². The number of aromatic hydroxyl groups is 1. The number of phenolic OH excluding ortho intramolecular Hbond substituents is 1. The lowest BCUT2D eigenvalue weighted by Gasteiger charge is -2.17. The van der Waals surface area contributed by atoms with E-state index in [0.717, 1.165) is 59.9 Å². The standard InChI is InChI=1S/C22H16N4O3S4/c1-3-5-6-11(4-2)20(28)29-15-18-16(30-21(32-18)12(7-23)8-24)14(27)17-19(15)33-22(31-17)13(9-25)10-26/h11,27H,3-6H2,1-2H3. The van der Waals surface area contributed by atoms with Crippen LogP contribution in [0.25, 0.3) is 0 Å². The third-order valence-electron chi connectivity index (χ3n) is 4.82. The van der Waals surface area contributed by atoms with Crippen molar-refractivity contribution in [1.29, 1.82) is 21.0 Å². The van der Waals surface area contributed by atoms with Crippen LogP contribution in [0.1, 0.15) is 39.5 Å². The summed E-state index contributed by atoms with van der Waals surface area (Å²) < 4.78 is 6.69. The summed E-state index contributed by atoms with van der Waals surface area (Å²) in [7, 11) is 0. The zero-order valence-corrected chi connectivity index (χ0v) is 20.9. The SMILES string of the molecule is CCCCC(CC)C(=O)Oc1c2c(c(O)c3c1SC(=C(C#N)C#N)S3)SC(=C(C#N)C#N)S2. The van der Waals surface area contributed by atoms with E-state index in [0.29, 0.717) is 40.9 Å². The highest BCUT2D eigenvalue weighted by Gasteiger charge is 2.38. The predicted octanol–water partition coefficient (Wildman–Crippen LogP) is 6.43. The lowest BCUT2D eigenvalue weighted by Crippen LogP contribution is -2.20. The molecule has 0 saturated carbocycles. The van der Waals surface area contributed by atoms with Crippen LogP contribution in [0, 0.1) is 51.2 Å². The van der Waals surface area contributed by atoms with Crippen LogP contribution in [0.15, 0.2) is 39.2 Å². The molecule has 2 heterocycles. The van der Waals surface area contributed by atoms with Crippen molar-refractivity contribution in [1.82, 2.24) is 0 Å². The van der Waals surface area contributed by atoms with Gasteiger partial charge in [-0.05, 0) is 12.8 Å². The maximum absolute atomic E-state index is 13.0. The summed E-state index contributed by atoms with van der Waals surface area (Å²) in [6.07, 6.45) is 3.14. The molecule has 3 rings (SSSR count). The van der Waals surface area contributed by atoms with E-state index in [9.17, 15) is 30.9 Å². The normalized spacial score (nSPS) is 14.2. The minimum Gasteiger partial charge on any atom is -0.505 e. The molecule has 0 aliphatic carbocycles. The summed E-state index contributed by atoms with van der Waals surface area (Å²) in [4.78, 5) is 14.7. The number of phenols is 1. The van der Waals surface area contributed by atoms with Gasteiger partial charge in [-0.1, -0.05) is 73.7 Å². The van der Waals surface area contributed by atoms with Crippen LogP contribution in [-0.2, 0) is 4.79 Å². The van der Waals surface area contributed by atoms with Crippen molar-refractivity contribution in [3.8, 4) is 35.8 Å². The Labute approximate surface area is 208 Å². The maximum Gasteiger partial charge on any atom is 0.314 e. The minimum absolute atomic E-state index is 0.0930. The first-order valence-corrected chi connectivity index (χ1v) is 13.1. The summed E-state index contributed by atoms with van der Waals surface area (Å²) in [6.45, 7) is 3.97. The van der Waals surface area contributed by atoms with E-state index < -0.39 is 5.97 Å². The number of nitrogens with zero attached hydrogens (tertiary/aromatic N) is 4. The van der Waals surface area contributed by atoms with Crippen LogP contribution < -0.4 is 4.74 Å². The molecule has 1 N–H and O–H groups in total. The van der Waals surface area contributed by atoms with E-state index in [2.05, 4.69) is 0 Å². The fraction of sp³-hybridized carbons (Fsp3) is 0.318. The fourth-order valence-electron chi connectivity index (χ4n) is 3.07. The smallest absolute Gasteiger partial charge is 0.314 e. The van der Waals surface area contributed by atoms with Crippen LogP contribution in [0.2, 0.25) is 0 Å². The second kappa shape index (κ2) is 11.0. The third kappa shape index (κ3) is 4.83. The Morgan fingerprint density at radius 2 is 1.33 bits per heavy atom. The van der Waals surface area contributed by atoms with E-state index >= 15 is 0 Å². The summed E-state index contributed by atoms with van der Waals surface area (Å²) >= 11 is 4.31. The van der Waals surface area contributed by atoms with E-state index in [4.69, 9.17) is 4.74 Å². The molecular weight excluding hydrogens is 497 g/mol. The van der Waals surface area contributed by atoms with Crippen LogP contribution in [0.5, 0.6) is 11.5 Å². The highest BCUT2D eigenvalue weighted by Crippen LogP contribution is 2.68. The number of carbonyl (C=O) groups is 1. The van der Waals surface area contributed by atoms with Gasteiger partial charge < -0.3 is 9.84 Å². The number of nitriles is 4. The number of rotatable bonds is 6. The molecule has 0 radical (unpaired) electrons. The molecule has 2 aliphatic heterocycles. The van der Waals surface area contributed by atoms with Crippen molar-refractivity contribution >= 4 is 53.0 Å². The Morgan fingerprint density at radius 3 is 1.73 bits per heavy atom. The van der Waals surface area contributed by atoms with E-state index in [1.54, 1.807) is 0 Å². The second-order valence-electron chi connectivity index (χ2n) is 6.84. The van der Waals surface area contributed by atoms with E-state index in [1.807, 2.05) is 38.1 Å². The first kappa shape index (κ1) is 25.0. The van der Waals surface area contributed by atoms with E-state index in [-0.39, 0.29) is 28.6 Å². The molecule has 0 amide bonds. The van der Waals surface area contributed by atoms with Crippen molar-refractivity contribution < 1.29 is 14.6 Å². The average Bonchev–Trinajstić information content (AvgIpc) is 3.45. The average molecular weight is 513 g/mol. The fourth-order valence-corrected chi connectivity index (χ4v) is 8.16. The summed E-state index contributed by atoms with van der Waals surface area (Å²) in [5.41, 5.74) is -0.186. The molecule has 0 saturated heterocycles. The molecule has 1 aromatic rings. The second-order valence-corrected chi connectivity index (χ2v) is 11.4. The van der Waals surface area contributed by atoms with Gasteiger partial charge >= 0.3 is 5.97 Å². The zero-order chi connectivity index (χ0) is 24.1. The van der Waals surface area contributed by atoms with Crippen LogP contribution in [0.3, 0.4) is 0 Å². The van der Waals surface area contributed by atoms with Gasteiger partial charge in [-0.25, -0.2) is 0 Å². The van der Waals surface area contributed by atoms with Crippen LogP contribution in [-0.4, -0.2) is 11.1 Å². The Hall–Kier alpha value is -2.67. The lowest BCUT2D eigenvalue weighted by molar-refractivity contribution is -0.139. The molecule has 1 aromatic carbocycles. The Morgan fingerprint density at radius 1 is 0.879 bits per heavy atom. The molecule has 7 nitrogen and oxygen atoms in total. The molecule has 1 unspecified atom stereocenters. The third-order valence-corrected chi connectivity index (χ3v) is 10.0. The molecule has 0 fully saturated rings. The molecule has 166 valence electrons. The molecular formula is C22H16N4O3S4. The molecule has 33 heavy (non-hydrogen) atoms. The zero-order valence-electron chi connectivity index (χ0n) is 17.6. The lowest BCUT2D eigenvalue weighted by atomic mass is 10.00. The van der Waals surface area contributed by atoms with Crippen molar-refractivity contribution in [3.63, 3.8) is 0 Å². The number of carbonyl (C=O) groups excluding carboxylic acids is 1. The molecule has 1 atom stereocenters. The summed E-state index contributed by atoms with van der Waals surface area (Å²) in [6, 6.07) is 7.40. The van der Waals surface area contributed by atoms with Gasteiger partial charge in [0.1, 0.15) is 41.2 Å². The van der Waals surface area contributed by atoms with Crippen molar-refractivity contribution in [2.75, 3.05) is 0 Å².